The summed E-state index contributed by atoms with van der Waals surface area (Å²) in [4.78, 5) is 30.3. The van der Waals surface area contributed by atoms with Crippen molar-refractivity contribution in [3.8, 4) is 0 Å². The number of nitrogens with zero attached hydrogens (tertiary/aromatic N) is 2. The minimum absolute atomic E-state index is 0.303. The number of hydrogen-bond acceptors (Lipinski definition) is 3. The Morgan fingerprint density at radius 1 is 0.759 bits per heavy atom. The Kier molecular flexibility index (Phi) is 4.22. The number of rotatable bonds is 3. The average Bonchev–Trinajstić information content (AvgIpc) is 3.27. The van der Waals surface area contributed by atoms with Crippen molar-refractivity contribution in [3.63, 3.8) is 0 Å². The van der Waals surface area contributed by atoms with Crippen LogP contribution in [0.3, 0.4) is 0 Å². The molecule has 0 bridgehead atoms. The molecule has 0 N–H and O–H groups in total. The number of benzene rings is 3. The van der Waals surface area contributed by atoms with Crippen LogP contribution in [0.15, 0.2) is 84.6 Å². The molecule has 2 aliphatic rings. The van der Waals surface area contributed by atoms with Crippen molar-refractivity contribution >= 4 is 40.4 Å². The van der Waals surface area contributed by atoms with Gasteiger partial charge >= 0.3 is 0 Å². The highest BCUT2D eigenvalue weighted by atomic mass is 35.5. The Morgan fingerprint density at radius 3 is 2.21 bits per heavy atom. The molecule has 0 unspecified atom stereocenters. The van der Waals surface area contributed by atoms with Crippen LogP contribution in [-0.2, 0) is 16.0 Å². The Labute approximate surface area is 173 Å². The average molecular weight is 401 g/mol. The first-order valence-electron chi connectivity index (χ1n) is 9.44. The Morgan fingerprint density at radius 2 is 1.45 bits per heavy atom. The third-order valence-electron chi connectivity index (χ3n) is 5.36. The van der Waals surface area contributed by atoms with E-state index < -0.39 is 0 Å². The van der Waals surface area contributed by atoms with Crippen molar-refractivity contribution < 1.29 is 9.59 Å². The quantitative estimate of drug-likeness (QED) is 0.599. The molecule has 2 heterocycles. The molecule has 0 aliphatic carbocycles. The van der Waals surface area contributed by atoms with Gasteiger partial charge in [-0.1, -0.05) is 60.1 Å². The van der Waals surface area contributed by atoms with Gasteiger partial charge in [-0.05, 0) is 47.9 Å². The molecule has 0 saturated heterocycles. The van der Waals surface area contributed by atoms with Gasteiger partial charge in [-0.2, -0.15) is 0 Å². The van der Waals surface area contributed by atoms with Crippen molar-refractivity contribution in [3.05, 3.63) is 101 Å². The van der Waals surface area contributed by atoms with Crippen molar-refractivity contribution in [2.75, 3.05) is 16.3 Å². The van der Waals surface area contributed by atoms with Gasteiger partial charge in [0.15, 0.2) is 0 Å². The van der Waals surface area contributed by atoms with Crippen LogP contribution in [0.5, 0.6) is 0 Å². The summed E-state index contributed by atoms with van der Waals surface area (Å²) in [7, 11) is 0. The fourth-order valence-electron chi connectivity index (χ4n) is 4.03. The SMILES string of the molecule is O=C1C(c2ccc(Cl)cc2)=C(N2CCc3ccccc32)C(=O)N1c1ccccc1. The predicted octanol–water partition coefficient (Wildman–Crippen LogP) is 4.69. The van der Waals surface area contributed by atoms with Crippen LogP contribution >= 0.6 is 11.6 Å². The van der Waals surface area contributed by atoms with Crippen molar-refractivity contribution in [1.82, 2.24) is 0 Å². The van der Waals surface area contributed by atoms with Gasteiger partial charge in [0, 0.05) is 17.3 Å². The minimum atomic E-state index is -0.317. The first-order valence-corrected chi connectivity index (χ1v) is 9.82. The zero-order valence-corrected chi connectivity index (χ0v) is 16.3. The van der Waals surface area contributed by atoms with E-state index in [-0.39, 0.29) is 11.8 Å². The topological polar surface area (TPSA) is 40.6 Å². The van der Waals surface area contributed by atoms with Gasteiger partial charge < -0.3 is 4.90 Å². The van der Waals surface area contributed by atoms with Crippen LogP contribution < -0.4 is 9.80 Å². The summed E-state index contributed by atoms with van der Waals surface area (Å²) in [6.07, 6.45) is 0.834. The minimum Gasteiger partial charge on any atom is -0.336 e. The third-order valence-corrected chi connectivity index (χ3v) is 5.62. The molecule has 5 rings (SSSR count). The van der Waals surface area contributed by atoms with E-state index >= 15 is 0 Å². The van der Waals surface area contributed by atoms with E-state index in [1.165, 1.54) is 10.5 Å². The first kappa shape index (κ1) is 17.7. The van der Waals surface area contributed by atoms with Crippen LogP contribution in [0.2, 0.25) is 5.02 Å². The number of fused-ring (bicyclic) bond motifs is 1. The summed E-state index contributed by atoms with van der Waals surface area (Å²) >= 11 is 6.05. The normalized spacial score (nSPS) is 16.0. The lowest BCUT2D eigenvalue weighted by Crippen LogP contribution is -2.34. The fraction of sp³-hybridized carbons (Fsp3) is 0.0833. The van der Waals surface area contributed by atoms with Gasteiger partial charge in [-0.15, -0.1) is 0 Å². The summed E-state index contributed by atoms with van der Waals surface area (Å²) < 4.78 is 0. The Hall–Kier alpha value is -3.37. The molecule has 4 nitrogen and oxygen atoms in total. The molecule has 0 aromatic heterocycles. The highest BCUT2D eigenvalue weighted by Crippen LogP contribution is 2.40. The number of para-hydroxylation sites is 2. The van der Waals surface area contributed by atoms with E-state index in [1.807, 2.05) is 41.3 Å². The summed E-state index contributed by atoms with van der Waals surface area (Å²) in [6.45, 7) is 0.660. The molecule has 0 atom stereocenters. The van der Waals surface area contributed by atoms with E-state index in [0.717, 1.165) is 12.1 Å². The monoisotopic (exact) mass is 400 g/mol. The van der Waals surface area contributed by atoms with Crippen LogP contribution in [0, 0.1) is 0 Å². The van der Waals surface area contributed by atoms with Crippen LogP contribution in [-0.4, -0.2) is 18.4 Å². The standard InChI is InChI=1S/C24H17ClN2O2/c25-18-12-10-17(11-13-18)21-22(26-15-14-16-6-4-5-9-20(16)26)24(29)27(23(21)28)19-7-2-1-3-8-19/h1-13H,14-15H2. The van der Waals surface area contributed by atoms with Gasteiger partial charge in [-0.25, -0.2) is 4.90 Å². The number of amides is 2. The number of hydrogen-bond donors (Lipinski definition) is 0. The molecule has 0 radical (unpaired) electrons. The second kappa shape index (κ2) is 6.90. The first-order chi connectivity index (χ1) is 14.1. The number of anilines is 2. The molecule has 2 aliphatic heterocycles. The summed E-state index contributed by atoms with van der Waals surface area (Å²) in [5.74, 6) is -0.620. The van der Waals surface area contributed by atoms with Crippen LogP contribution in [0.4, 0.5) is 11.4 Å². The Balaban J connectivity index is 1.69. The predicted molar refractivity (Wildman–Crippen MR) is 115 cm³/mol. The molecule has 142 valence electrons. The zero-order valence-electron chi connectivity index (χ0n) is 15.5. The lowest BCUT2D eigenvalue weighted by molar-refractivity contribution is -0.120. The summed E-state index contributed by atoms with van der Waals surface area (Å²) in [6, 6.07) is 24.1. The van der Waals surface area contributed by atoms with Crippen LogP contribution in [0.25, 0.3) is 5.57 Å². The van der Waals surface area contributed by atoms with Gasteiger partial charge in [0.25, 0.3) is 11.8 Å². The van der Waals surface area contributed by atoms with Crippen LogP contribution in [0.1, 0.15) is 11.1 Å². The molecule has 2 amide bonds. The second-order valence-corrected chi connectivity index (χ2v) is 7.48. The van der Waals surface area contributed by atoms with E-state index in [1.54, 1.807) is 36.4 Å². The highest BCUT2D eigenvalue weighted by molar-refractivity contribution is 6.46. The maximum absolute atomic E-state index is 13.5. The number of imide groups is 1. The largest absolute Gasteiger partial charge is 0.336 e. The number of halogens is 1. The maximum Gasteiger partial charge on any atom is 0.282 e. The summed E-state index contributed by atoms with van der Waals surface area (Å²) in [5.41, 5.74) is 4.24. The van der Waals surface area contributed by atoms with E-state index in [2.05, 4.69) is 6.07 Å². The number of carbonyl (C=O) groups is 2. The lowest BCUT2D eigenvalue weighted by Gasteiger charge is -2.21. The van der Waals surface area contributed by atoms with Gasteiger partial charge in [0.05, 0.1) is 11.3 Å². The molecule has 0 spiro atoms. The molecular weight excluding hydrogens is 384 g/mol. The lowest BCUT2D eigenvalue weighted by atomic mass is 10.0. The van der Waals surface area contributed by atoms with E-state index in [9.17, 15) is 9.59 Å². The molecule has 3 aromatic rings. The van der Waals surface area contributed by atoms with Gasteiger partial charge in [0.2, 0.25) is 0 Å². The molecular formula is C24H17ClN2O2. The zero-order chi connectivity index (χ0) is 20.0. The fourth-order valence-corrected chi connectivity index (χ4v) is 4.15. The highest BCUT2D eigenvalue weighted by Gasteiger charge is 2.43. The van der Waals surface area contributed by atoms with E-state index in [0.29, 0.717) is 34.1 Å². The summed E-state index contributed by atoms with van der Waals surface area (Å²) in [5, 5.41) is 0.583. The smallest absolute Gasteiger partial charge is 0.282 e. The number of carbonyl (C=O) groups excluding carboxylic acids is 2. The molecule has 3 aromatic carbocycles. The molecule has 5 heteroatoms. The third kappa shape index (κ3) is 2.84. The van der Waals surface area contributed by atoms with Crippen molar-refractivity contribution in [2.45, 2.75) is 6.42 Å². The van der Waals surface area contributed by atoms with E-state index in [4.69, 9.17) is 11.6 Å². The Bertz CT molecular complexity index is 1150. The molecule has 0 saturated carbocycles. The maximum atomic E-state index is 13.5. The van der Waals surface area contributed by atoms with Gasteiger partial charge in [-0.3, -0.25) is 9.59 Å². The van der Waals surface area contributed by atoms with Gasteiger partial charge in [0.1, 0.15) is 5.70 Å². The molecule has 0 fully saturated rings. The molecule has 29 heavy (non-hydrogen) atoms. The second-order valence-electron chi connectivity index (χ2n) is 7.04. The van der Waals surface area contributed by atoms with Crippen molar-refractivity contribution in [1.29, 1.82) is 0 Å². The van der Waals surface area contributed by atoms with Crippen molar-refractivity contribution in [2.24, 2.45) is 0 Å².